The lowest BCUT2D eigenvalue weighted by molar-refractivity contribution is -0.142. The SMILES string of the molecule is CC1(Cn2c(CN3CCC(c4cccc(OCc5ccc(Cl)cc5F)n4)CC3)nc3ccc(C(=O)O)cc32)CCO1. The van der Waals surface area contributed by atoms with Gasteiger partial charge in [-0.2, -0.15) is 0 Å². The van der Waals surface area contributed by atoms with Gasteiger partial charge in [-0.05, 0) is 69.3 Å². The van der Waals surface area contributed by atoms with Crippen LogP contribution in [0.1, 0.15) is 59.5 Å². The zero-order valence-electron chi connectivity index (χ0n) is 22.9. The first-order valence-corrected chi connectivity index (χ1v) is 14.3. The standard InChI is InChI=1S/C31H32ClFN4O4/c1-31(11-14-41-31)19-37-27-15-21(30(38)39)6-8-26(27)34-28(37)17-36-12-9-20(10-13-36)25-3-2-4-29(35-25)40-18-22-5-7-23(32)16-24(22)33/h2-8,15-16,20H,9-14,17-19H2,1H3,(H,38,39). The number of halogens is 2. The first-order chi connectivity index (χ1) is 19.8. The Kier molecular flexibility index (Phi) is 7.68. The number of carboxylic acid groups (broad SMARTS) is 1. The Morgan fingerprint density at radius 1 is 1.17 bits per heavy atom. The number of pyridine rings is 1. The lowest BCUT2D eigenvalue weighted by atomic mass is 9.93. The summed E-state index contributed by atoms with van der Waals surface area (Å²) in [6.07, 6.45) is 2.83. The van der Waals surface area contributed by atoms with E-state index in [4.69, 9.17) is 31.0 Å². The molecule has 2 fully saturated rings. The predicted octanol–water partition coefficient (Wildman–Crippen LogP) is 6.06. The number of hydrogen-bond donors (Lipinski definition) is 1. The van der Waals surface area contributed by atoms with Gasteiger partial charge in [-0.25, -0.2) is 19.2 Å². The number of piperidine rings is 1. The van der Waals surface area contributed by atoms with Crippen LogP contribution < -0.4 is 4.74 Å². The second-order valence-electron chi connectivity index (χ2n) is 11.1. The molecule has 0 aliphatic carbocycles. The molecule has 1 atom stereocenters. The van der Waals surface area contributed by atoms with Crippen molar-refractivity contribution in [3.8, 4) is 5.88 Å². The molecule has 10 heteroatoms. The van der Waals surface area contributed by atoms with E-state index in [1.165, 1.54) is 6.07 Å². The third-order valence-corrected chi connectivity index (χ3v) is 8.39. The van der Waals surface area contributed by atoms with Crippen molar-refractivity contribution in [1.82, 2.24) is 19.4 Å². The van der Waals surface area contributed by atoms with Gasteiger partial charge in [-0.3, -0.25) is 4.90 Å². The molecule has 6 rings (SSSR count). The van der Waals surface area contributed by atoms with Crippen LogP contribution in [-0.4, -0.2) is 55.8 Å². The van der Waals surface area contributed by atoms with Gasteiger partial charge in [0, 0.05) is 34.7 Å². The fourth-order valence-electron chi connectivity index (χ4n) is 5.63. The zero-order valence-corrected chi connectivity index (χ0v) is 23.6. The number of carbonyl (C=O) groups is 1. The van der Waals surface area contributed by atoms with Crippen molar-refractivity contribution in [3.05, 3.63) is 88.1 Å². The van der Waals surface area contributed by atoms with Crippen LogP contribution in [0, 0.1) is 5.82 Å². The number of benzene rings is 2. The van der Waals surface area contributed by atoms with Crippen LogP contribution >= 0.6 is 11.6 Å². The smallest absolute Gasteiger partial charge is 0.335 e. The van der Waals surface area contributed by atoms with E-state index in [1.807, 2.05) is 12.1 Å². The van der Waals surface area contributed by atoms with Gasteiger partial charge in [0.15, 0.2) is 0 Å². The number of nitrogens with zero attached hydrogens (tertiary/aromatic N) is 4. The summed E-state index contributed by atoms with van der Waals surface area (Å²) in [6, 6.07) is 15.4. The van der Waals surface area contributed by atoms with E-state index in [2.05, 4.69) is 16.4 Å². The molecule has 41 heavy (non-hydrogen) atoms. The average Bonchev–Trinajstić information content (AvgIpc) is 3.28. The molecule has 0 spiro atoms. The van der Waals surface area contributed by atoms with Crippen LogP contribution in [0.3, 0.4) is 0 Å². The molecule has 0 bridgehead atoms. The molecule has 4 heterocycles. The Morgan fingerprint density at radius 3 is 2.68 bits per heavy atom. The Balaban J connectivity index is 1.12. The number of aromatic carboxylic acids is 1. The highest BCUT2D eigenvalue weighted by Crippen LogP contribution is 2.32. The van der Waals surface area contributed by atoms with Crippen molar-refractivity contribution < 1.29 is 23.8 Å². The van der Waals surface area contributed by atoms with Crippen LogP contribution in [0.5, 0.6) is 5.88 Å². The summed E-state index contributed by atoms with van der Waals surface area (Å²) in [5.74, 6) is 0.336. The van der Waals surface area contributed by atoms with Crippen molar-refractivity contribution in [2.75, 3.05) is 19.7 Å². The molecule has 0 radical (unpaired) electrons. The molecule has 1 N–H and O–H groups in total. The van der Waals surface area contributed by atoms with Gasteiger partial charge in [-0.1, -0.05) is 23.7 Å². The number of likely N-dealkylation sites (tertiary alicyclic amines) is 1. The Morgan fingerprint density at radius 2 is 1.98 bits per heavy atom. The van der Waals surface area contributed by atoms with Gasteiger partial charge < -0.3 is 19.1 Å². The Hall–Kier alpha value is -3.53. The summed E-state index contributed by atoms with van der Waals surface area (Å²) in [5, 5.41) is 9.89. The highest BCUT2D eigenvalue weighted by atomic mass is 35.5. The first-order valence-electron chi connectivity index (χ1n) is 13.9. The number of rotatable bonds is 9. The third-order valence-electron chi connectivity index (χ3n) is 8.15. The maximum Gasteiger partial charge on any atom is 0.335 e. The highest BCUT2D eigenvalue weighted by molar-refractivity contribution is 6.30. The molecule has 2 saturated heterocycles. The lowest BCUT2D eigenvalue weighted by Crippen LogP contribution is -2.45. The first kappa shape index (κ1) is 27.6. The molecule has 2 aliphatic heterocycles. The van der Waals surface area contributed by atoms with Crippen molar-refractivity contribution in [2.45, 2.75) is 57.4 Å². The highest BCUT2D eigenvalue weighted by Gasteiger charge is 2.35. The molecule has 0 saturated carbocycles. The fourth-order valence-corrected chi connectivity index (χ4v) is 5.79. The van der Waals surface area contributed by atoms with Crippen molar-refractivity contribution in [1.29, 1.82) is 0 Å². The van der Waals surface area contributed by atoms with Crippen molar-refractivity contribution in [3.63, 3.8) is 0 Å². The molecule has 4 aromatic rings. The van der Waals surface area contributed by atoms with Crippen LogP contribution in [0.4, 0.5) is 4.39 Å². The van der Waals surface area contributed by atoms with Gasteiger partial charge in [0.25, 0.3) is 0 Å². The van der Waals surface area contributed by atoms with Crippen molar-refractivity contribution in [2.24, 2.45) is 0 Å². The summed E-state index contributed by atoms with van der Waals surface area (Å²) in [4.78, 5) is 23.6. The third kappa shape index (κ3) is 6.07. The van der Waals surface area contributed by atoms with Crippen LogP contribution in [0.15, 0.2) is 54.6 Å². The summed E-state index contributed by atoms with van der Waals surface area (Å²) in [7, 11) is 0. The number of ether oxygens (including phenoxy) is 2. The van der Waals surface area contributed by atoms with E-state index in [-0.39, 0.29) is 17.8 Å². The monoisotopic (exact) mass is 578 g/mol. The Labute approximate surface area is 242 Å². The van der Waals surface area contributed by atoms with E-state index in [1.54, 1.807) is 36.4 Å². The molecule has 8 nitrogen and oxygen atoms in total. The van der Waals surface area contributed by atoms with Gasteiger partial charge in [-0.15, -0.1) is 0 Å². The van der Waals surface area contributed by atoms with Crippen LogP contribution in [0.2, 0.25) is 5.02 Å². The fraction of sp³-hybridized carbons (Fsp3) is 0.387. The quantitative estimate of drug-likeness (QED) is 0.258. The lowest BCUT2D eigenvalue weighted by Gasteiger charge is -2.39. The molecule has 2 aromatic carbocycles. The molecule has 214 valence electrons. The van der Waals surface area contributed by atoms with Gasteiger partial charge in [0.1, 0.15) is 18.2 Å². The molecule has 2 aliphatic rings. The maximum absolute atomic E-state index is 14.1. The second-order valence-corrected chi connectivity index (χ2v) is 11.6. The zero-order chi connectivity index (χ0) is 28.6. The predicted molar refractivity (Wildman–Crippen MR) is 153 cm³/mol. The van der Waals surface area contributed by atoms with Gasteiger partial charge >= 0.3 is 5.97 Å². The molecule has 0 amide bonds. The summed E-state index contributed by atoms with van der Waals surface area (Å²) in [5.41, 5.74) is 3.00. The molecular formula is C31H32ClFN4O4. The van der Waals surface area contributed by atoms with Gasteiger partial charge in [0.05, 0.1) is 41.9 Å². The average molecular weight is 579 g/mol. The van der Waals surface area contributed by atoms with E-state index in [9.17, 15) is 14.3 Å². The number of carboxylic acids is 1. The Bertz CT molecular complexity index is 1580. The van der Waals surface area contributed by atoms with E-state index in [0.29, 0.717) is 35.5 Å². The minimum absolute atomic E-state index is 0.0803. The van der Waals surface area contributed by atoms with Crippen LogP contribution in [-0.2, 0) is 24.4 Å². The van der Waals surface area contributed by atoms with E-state index in [0.717, 1.165) is 61.5 Å². The molecular weight excluding hydrogens is 547 g/mol. The normalized spacial score (nSPS) is 19.8. The molecule has 1 unspecified atom stereocenters. The largest absolute Gasteiger partial charge is 0.478 e. The van der Waals surface area contributed by atoms with Gasteiger partial charge in [0.2, 0.25) is 5.88 Å². The number of hydrogen-bond acceptors (Lipinski definition) is 6. The number of fused-ring (bicyclic) bond motifs is 1. The summed E-state index contributed by atoms with van der Waals surface area (Å²) < 4.78 is 27.9. The van der Waals surface area contributed by atoms with E-state index >= 15 is 0 Å². The maximum atomic E-state index is 14.1. The second kappa shape index (κ2) is 11.4. The minimum Gasteiger partial charge on any atom is -0.478 e. The summed E-state index contributed by atoms with van der Waals surface area (Å²) in [6.45, 7) is 5.98. The van der Waals surface area contributed by atoms with Crippen molar-refractivity contribution >= 4 is 28.6 Å². The number of aromatic nitrogens is 3. The van der Waals surface area contributed by atoms with Crippen LogP contribution in [0.25, 0.3) is 11.0 Å². The topological polar surface area (TPSA) is 89.7 Å². The summed E-state index contributed by atoms with van der Waals surface area (Å²) >= 11 is 5.85. The molecule has 2 aromatic heterocycles. The van der Waals surface area contributed by atoms with E-state index < -0.39 is 11.8 Å². The minimum atomic E-state index is -0.949. The number of imidazole rings is 1.